The Hall–Kier alpha value is -2.86. The molecule has 2 aromatic rings. The predicted molar refractivity (Wildman–Crippen MR) is 118 cm³/mol. The fraction of sp³-hybridized carbons (Fsp3) is 0.375. The fourth-order valence-corrected chi connectivity index (χ4v) is 4.95. The molecule has 6 rings (SSSR count). The van der Waals surface area contributed by atoms with Crippen LogP contribution in [0.15, 0.2) is 36.5 Å². The Morgan fingerprint density at radius 2 is 2.03 bits per heavy atom. The zero-order chi connectivity index (χ0) is 20.4. The summed E-state index contributed by atoms with van der Waals surface area (Å²) >= 11 is 0. The number of anilines is 1. The second-order valence-corrected chi connectivity index (χ2v) is 8.60. The lowest BCUT2D eigenvalue weighted by molar-refractivity contribution is 0.407. The van der Waals surface area contributed by atoms with Crippen LogP contribution < -0.4 is 15.0 Å². The third kappa shape index (κ3) is 2.59. The number of nitrogens with one attached hydrogen (secondary N) is 1. The minimum atomic E-state index is -0.240. The number of rotatable bonds is 3. The molecular formula is C24H25FN4O. The maximum absolute atomic E-state index is 15.6. The van der Waals surface area contributed by atoms with Crippen LogP contribution in [0.4, 0.5) is 10.1 Å². The van der Waals surface area contributed by atoms with Crippen molar-refractivity contribution in [3.63, 3.8) is 0 Å². The van der Waals surface area contributed by atoms with Crippen LogP contribution in [-0.4, -0.2) is 42.3 Å². The molecule has 5 nitrogen and oxygen atoms in total. The number of hydrogen-bond donors (Lipinski definition) is 1. The highest BCUT2D eigenvalue weighted by atomic mass is 19.1. The molecule has 1 unspecified atom stereocenters. The van der Waals surface area contributed by atoms with Crippen molar-refractivity contribution in [1.82, 2.24) is 14.9 Å². The van der Waals surface area contributed by atoms with Crippen molar-refractivity contribution in [3.05, 3.63) is 42.3 Å². The monoisotopic (exact) mass is 404 g/mol. The molecule has 1 atom stereocenters. The summed E-state index contributed by atoms with van der Waals surface area (Å²) < 4.78 is 23.9. The van der Waals surface area contributed by atoms with Crippen molar-refractivity contribution in [3.8, 4) is 17.0 Å². The van der Waals surface area contributed by atoms with Crippen molar-refractivity contribution in [2.75, 3.05) is 31.6 Å². The van der Waals surface area contributed by atoms with Gasteiger partial charge in [-0.05, 0) is 31.9 Å². The maximum atomic E-state index is 15.6. The van der Waals surface area contributed by atoms with Crippen molar-refractivity contribution in [2.24, 2.45) is 0 Å². The van der Waals surface area contributed by atoms with E-state index in [1.807, 2.05) is 18.2 Å². The molecule has 0 aromatic heterocycles. The van der Waals surface area contributed by atoms with Gasteiger partial charge >= 0.3 is 0 Å². The van der Waals surface area contributed by atoms with Gasteiger partial charge in [-0.15, -0.1) is 0 Å². The van der Waals surface area contributed by atoms with Gasteiger partial charge in [-0.2, -0.15) is 0 Å². The quantitative estimate of drug-likeness (QED) is 0.543. The van der Waals surface area contributed by atoms with Gasteiger partial charge in [0.05, 0.1) is 23.8 Å². The number of para-hydroxylation sites is 1. The van der Waals surface area contributed by atoms with Crippen LogP contribution in [0.25, 0.3) is 33.1 Å². The van der Waals surface area contributed by atoms with Gasteiger partial charge in [0, 0.05) is 54.3 Å². The van der Waals surface area contributed by atoms with Crippen molar-refractivity contribution in [1.29, 1.82) is 0 Å². The maximum Gasteiger partial charge on any atom is 0.169 e. The number of nitrogens with zero attached hydrogens (tertiary/aromatic N) is 3. The first-order valence-corrected chi connectivity index (χ1v) is 10.7. The zero-order valence-corrected chi connectivity index (χ0v) is 17.3. The van der Waals surface area contributed by atoms with E-state index in [9.17, 15) is 0 Å². The molecule has 1 saturated carbocycles. The SMILES string of the molecule is COc1c(N2CCNC(C)C2)c(F)cc2c3nc4ccccc4c-3cn(C3CC3)c12. The number of ether oxygens (including phenoxy) is 1. The molecule has 2 aromatic carbocycles. The topological polar surface area (TPSA) is 42.3 Å². The number of methoxy groups -OCH3 is 1. The van der Waals surface area contributed by atoms with Gasteiger partial charge in [-0.25, -0.2) is 9.37 Å². The van der Waals surface area contributed by atoms with Crippen LogP contribution in [0.3, 0.4) is 0 Å². The molecule has 1 aliphatic carbocycles. The summed E-state index contributed by atoms with van der Waals surface area (Å²) in [5.74, 6) is 0.385. The van der Waals surface area contributed by atoms with E-state index >= 15 is 4.39 Å². The highest BCUT2D eigenvalue weighted by Crippen LogP contribution is 2.48. The van der Waals surface area contributed by atoms with E-state index < -0.39 is 0 Å². The van der Waals surface area contributed by atoms with Crippen LogP contribution in [0.5, 0.6) is 5.75 Å². The van der Waals surface area contributed by atoms with Crippen molar-refractivity contribution >= 4 is 27.5 Å². The Bertz CT molecular complexity index is 1250. The third-order valence-electron chi connectivity index (χ3n) is 6.48. The van der Waals surface area contributed by atoms with E-state index in [0.717, 1.165) is 65.5 Å². The summed E-state index contributed by atoms with van der Waals surface area (Å²) in [6.07, 6.45) is 4.48. The van der Waals surface area contributed by atoms with Crippen LogP contribution in [-0.2, 0) is 0 Å². The molecular weight excluding hydrogens is 379 g/mol. The van der Waals surface area contributed by atoms with Gasteiger partial charge in [0.15, 0.2) is 11.6 Å². The van der Waals surface area contributed by atoms with E-state index in [4.69, 9.17) is 9.72 Å². The number of pyridine rings is 1. The molecule has 6 heteroatoms. The molecule has 1 N–H and O–H groups in total. The Labute approximate surface area is 174 Å². The summed E-state index contributed by atoms with van der Waals surface area (Å²) in [4.78, 5) is 6.99. The van der Waals surface area contributed by atoms with Crippen molar-refractivity contribution in [2.45, 2.75) is 31.8 Å². The first kappa shape index (κ1) is 18.0. The van der Waals surface area contributed by atoms with E-state index in [1.165, 1.54) is 0 Å². The van der Waals surface area contributed by atoms with Crippen LogP contribution in [0, 0.1) is 5.82 Å². The summed E-state index contributed by atoms with van der Waals surface area (Å²) in [7, 11) is 1.65. The molecule has 3 heterocycles. The lowest BCUT2D eigenvalue weighted by Gasteiger charge is -2.35. The van der Waals surface area contributed by atoms with E-state index in [1.54, 1.807) is 13.2 Å². The summed E-state index contributed by atoms with van der Waals surface area (Å²) in [5, 5.41) is 5.38. The third-order valence-corrected chi connectivity index (χ3v) is 6.48. The molecule has 30 heavy (non-hydrogen) atoms. The first-order chi connectivity index (χ1) is 14.7. The zero-order valence-electron chi connectivity index (χ0n) is 17.3. The smallest absolute Gasteiger partial charge is 0.169 e. The predicted octanol–water partition coefficient (Wildman–Crippen LogP) is 4.58. The summed E-state index contributed by atoms with van der Waals surface area (Å²) in [6, 6.07) is 10.6. The lowest BCUT2D eigenvalue weighted by atomic mass is 10.0. The Balaban J connectivity index is 1.70. The molecule has 0 bridgehead atoms. The number of hydrogen-bond acceptors (Lipinski definition) is 4. The minimum absolute atomic E-state index is 0.240. The molecule has 154 valence electrons. The molecule has 0 amide bonds. The molecule has 0 spiro atoms. The number of piperazine rings is 1. The minimum Gasteiger partial charge on any atom is -0.492 e. The van der Waals surface area contributed by atoms with Gasteiger partial charge in [-0.3, -0.25) is 0 Å². The van der Waals surface area contributed by atoms with Gasteiger partial charge in [0.2, 0.25) is 0 Å². The van der Waals surface area contributed by atoms with E-state index in [0.29, 0.717) is 23.5 Å². The highest BCUT2D eigenvalue weighted by molar-refractivity contribution is 6.08. The highest BCUT2D eigenvalue weighted by Gasteiger charge is 2.32. The Kier molecular flexibility index (Phi) is 3.93. The fourth-order valence-electron chi connectivity index (χ4n) is 4.95. The number of benzene rings is 2. The summed E-state index contributed by atoms with van der Waals surface area (Å²) in [5.41, 5.74) is 4.40. The standard InChI is InChI=1S/C24H25FN4O/c1-14-12-28(10-9-26-14)23-19(25)11-17-21-18(16-5-3-4-6-20(16)27-21)13-29(15-7-8-15)22(17)24(23)30-2/h3-6,11,13-15,26H,7-10,12H2,1-2H3. The normalized spacial score (nSPS) is 19.8. The van der Waals surface area contributed by atoms with Crippen LogP contribution in [0.1, 0.15) is 25.8 Å². The lowest BCUT2D eigenvalue weighted by Crippen LogP contribution is -2.49. The van der Waals surface area contributed by atoms with E-state index in [2.05, 4.69) is 34.0 Å². The van der Waals surface area contributed by atoms with Gasteiger partial charge < -0.3 is 19.5 Å². The Morgan fingerprint density at radius 3 is 2.80 bits per heavy atom. The number of halogens is 1. The van der Waals surface area contributed by atoms with E-state index in [-0.39, 0.29) is 5.82 Å². The van der Waals surface area contributed by atoms with Gasteiger partial charge in [0.1, 0.15) is 5.69 Å². The summed E-state index contributed by atoms with van der Waals surface area (Å²) in [6.45, 7) is 4.47. The first-order valence-electron chi connectivity index (χ1n) is 10.7. The molecule has 4 aliphatic rings. The van der Waals surface area contributed by atoms with Gasteiger partial charge in [0.25, 0.3) is 0 Å². The van der Waals surface area contributed by atoms with Crippen molar-refractivity contribution < 1.29 is 9.13 Å². The second kappa shape index (κ2) is 6.57. The average molecular weight is 404 g/mol. The molecule has 0 radical (unpaired) electrons. The molecule has 3 aliphatic heterocycles. The number of aromatic nitrogens is 2. The average Bonchev–Trinajstić information content (AvgIpc) is 3.53. The largest absolute Gasteiger partial charge is 0.492 e. The van der Waals surface area contributed by atoms with Gasteiger partial charge in [-0.1, -0.05) is 18.2 Å². The van der Waals surface area contributed by atoms with Crippen LogP contribution in [0.2, 0.25) is 0 Å². The Morgan fingerprint density at radius 1 is 1.20 bits per heavy atom. The second-order valence-electron chi connectivity index (χ2n) is 8.60. The number of fused-ring (bicyclic) bond motifs is 5. The molecule has 1 saturated heterocycles. The van der Waals surface area contributed by atoms with Crippen LogP contribution >= 0.6 is 0 Å². The molecule has 2 fully saturated rings.